The zero-order valence-corrected chi connectivity index (χ0v) is 14.0. The number of hydrogen-bond donors (Lipinski definition) is 0. The van der Waals surface area contributed by atoms with Gasteiger partial charge < -0.3 is 4.74 Å². The van der Waals surface area contributed by atoms with Crippen LogP contribution in [0, 0.1) is 0 Å². The summed E-state index contributed by atoms with van der Waals surface area (Å²) >= 11 is 5.20. The molecule has 0 aliphatic carbocycles. The van der Waals surface area contributed by atoms with Crippen LogP contribution in [0.1, 0.15) is 38.5 Å². The average Bonchev–Trinajstić information content (AvgIpc) is 2.86. The summed E-state index contributed by atoms with van der Waals surface area (Å²) in [5, 5.41) is 0. The molecule has 1 atom stereocenters. The summed E-state index contributed by atoms with van der Waals surface area (Å²) in [6.45, 7) is 7.56. The Morgan fingerprint density at radius 2 is 2.26 bits per heavy atom. The van der Waals surface area contributed by atoms with Gasteiger partial charge in [0.2, 0.25) is 0 Å². The molecule has 1 aliphatic rings. The van der Waals surface area contributed by atoms with Crippen LogP contribution in [0.25, 0.3) is 0 Å². The number of hydrogen-bond acceptors (Lipinski definition) is 4. The van der Waals surface area contributed by atoms with Gasteiger partial charge in [-0.15, -0.1) is 11.3 Å². The normalized spacial score (nSPS) is 20.7. The summed E-state index contributed by atoms with van der Waals surface area (Å²) < 4.78 is 6.64. The molecular formula is C14H20BrNO2S. The van der Waals surface area contributed by atoms with Crippen molar-refractivity contribution in [2.24, 2.45) is 0 Å². The Morgan fingerprint density at radius 1 is 1.53 bits per heavy atom. The van der Waals surface area contributed by atoms with Gasteiger partial charge in [0.05, 0.1) is 3.79 Å². The number of carbonyl (C=O) groups is 1. The van der Waals surface area contributed by atoms with E-state index in [1.165, 1.54) is 4.88 Å². The Morgan fingerprint density at radius 3 is 2.84 bits per heavy atom. The van der Waals surface area contributed by atoms with E-state index >= 15 is 0 Å². The van der Waals surface area contributed by atoms with E-state index < -0.39 is 5.60 Å². The highest BCUT2D eigenvalue weighted by Crippen LogP contribution is 2.27. The minimum absolute atomic E-state index is 0.0828. The molecule has 1 saturated heterocycles. The van der Waals surface area contributed by atoms with Gasteiger partial charge in [-0.05, 0) is 68.2 Å². The van der Waals surface area contributed by atoms with E-state index in [2.05, 4.69) is 33.0 Å². The fraction of sp³-hybridized carbons (Fsp3) is 0.643. The second-order valence-corrected chi connectivity index (χ2v) is 8.42. The third-order valence-electron chi connectivity index (χ3n) is 3.03. The number of thiophene rings is 1. The molecule has 1 aromatic heterocycles. The van der Waals surface area contributed by atoms with Crippen LogP contribution in [-0.4, -0.2) is 29.1 Å². The summed E-state index contributed by atoms with van der Waals surface area (Å²) in [5.74, 6) is -0.0828. The highest BCUT2D eigenvalue weighted by molar-refractivity contribution is 9.11. The van der Waals surface area contributed by atoms with E-state index in [1.54, 1.807) is 11.3 Å². The first kappa shape index (κ1) is 15.0. The van der Waals surface area contributed by atoms with Gasteiger partial charge >= 0.3 is 5.97 Å². The SMILES string of the molecule is CC(C)(C)OC(=O)[C@@H]1CCCN1Cc1ccc(Br)s1. The molecule has 0 unspecified atom stereocenters. The van der Waals surface area contributed by atoms with Gasteiger partial charge in [-0.1, -0.05) is 0 Å². The monoisotopic (exact) mass is 345 g/mol. The van der Waals surface area contributed by atoms with Crippen molar-refractivity contribution < 1.29 is 9.53 Å². The van der Waals surface area contributed by atoms with Crippen molar-refractivity contribution in [3.05, 3.63) is 20.8 Å². The molecule has 3 nitrogen and oxygen atoms in total. The number of carbonyl (C=O) groups excluding carboxylic acids is 1. The van der Waals surface area contributed by atoms with Crippen LogP contribution in [-0.2, 0) is 16.1 Å². The molecule has 0 N–H and O–H groups in total. The average molecular weight is 346 g/mol. The third kappa shape index (κ3) is 4.29. The van der Waals surface area contributed by atoms with Crippen molar-refractivity contribution in [3.8, 4) is 0 Å². The summed E-state index contributed by atoms with van der Waals surface area (Å²) in [6, 6.07) is 4.08. The molecule has 1 fully saturated rings. The van der Waals surface area contributed by atoms with Crippen molar-refractivity contribution in [1.82, 2.24) is 4.90 Å². The number of likely N-dealkylation sites (tertiary alicyclic amines) is 1. The van der Waals surface area contributed by atoms with Crippen molar-refractivity contribution >= 4 is 33.2 Å². The molecule has 0 saturated carbocycles. The minimum atomic E-state index is -0.405. The molecule has 0 aromatic carbocycles. The predicted molar refractivity (Wildman–Crippen MR) is 81.3 cm³/mol. The molecular weight excluding hydrogens is 326 g/mol. The zero-order valence-electron chi connectivity index (χ0n) is 11.6. The van der Waals surface area contributed by atoms with Gasteiger partial charge in [0.25, 0.3) is 0 Å². The van der Waals surface area contributed by atoms with Crippen molar-refractivity contribution in [1.29, 1.82) is 0 Å². The predicted octanol–water partition coefficient (Wildman–Crippen LogP) is 3.82. The number of ether oxygens (including phenoxy) is 1. The molecule has 106 valence electrons. The molecule has 1 aliphatic heterocycles. The standard InChI is InChI=1S/C14H20BrNO2S/c1-14(2,3)18-13(17)11-5-4-8-16(11)9-10-6-7-12(15)19-10/h6-7,11H,4-5,8-9H2,1-3H3/t11-/m0/s1. The maximum Gasteiger partial charge on any atom is 0.323 e. The van der Waals surface area contributed by atoms with Crippen LogP contribution < -0.4 is 0 Å². The highest BCUT2D eigenvalue weighted by atomic mass is 79.9. The lowest BCUT2D eigenvalue weighted by atomic mass is 10.1. The van der Waals surface area contributed by atoms with Crippen LogP contribution in [0.4, 0.5) is 0 Å². The van der Waals surface area contributed by atoms with Crippen LogP contribution >= 0.6 is 27.3 Å². The second kappa shape index (κ2) is 5.94. The molecule has 5 heteroatoms. The van der Waals surface area contributed by atoms with Crippen LogP contribution in [0.5, 0.6) is 0 Å². The van der Waals surface area contributed by atoms with Crippen molar-refractivity contribution in [2.75, 3.05) is 6.54 Å². The van der Waals surface area contributed by atoms with Crippen molar-refractivity contribution in [2.45, 2.75) is 51.8 Å². The Balaban J connectivity index is 1.98. The molecule has 0 radical (unpaired) electrons. The van der Waals surface area contributed by atoms with E-state index in [-0.39, 0.29) is 12.0 Å². The molecule has 2 rings (SSSR count). The summed E-state index contributed by atoms with van der Waals surface area (Å²) in [7, 11) is 0. The molecule has 19 heavy (non-hydrogen) atoms. The fourth-order valence-corrected chi connectivity index (χ4v) is 3.80. The molecule has 0 amide bonds. The van der Waals surface area contributed by atoms with E-state index in [9.17, 15) is 4.79 Å². The summed E-state index contributed by atoms with van der Waals surface area (Å²) in [6.07, 6.45) is 1.97. The summed E-state index contributed by atoms with van der Waals surface area (Å²) in [4.78, 5) is 15.7. The van der Waals surface area contributed by atoms with Gasteiger partial charge in [0, 0.05) is 11.4 Å². The Bertz CT molecular complexity index is 453. The number of nitrogens with zero attached hydrogens (tertiary/aromatic N) is 1. The molecule has 1 aromatic rings. The van der Waals surface area contributed by atoms with Gasteiger partial charge in [-0.3, -0.25) is 9.69 Å². The molecule has 0 bridgehead atoms. The lowest BCUT2D eigenvalue weighted by Crippen LogP contribution is -2.39. The Kier molecular flexibility index (Phi) is 4.69. The quantitative estimate of drug-likeness (QED) is 0.780. The number of esters is 1. The molecule has 2 heterocycles. The Labute approximate surface area is 127 Å². The van der Waals surface area contributed by atoms with Crippen LogP contribution in [0.15, 0.2) is 15.9 Å². The maximum absolute atomic E-state index is 12.2. The van der Waals surface area contributed by atoms with Gasteiger partial charge in [-0.2, -0.15) is 0 Å². The van der Waals surface area contributed by atoms with Gasteiger partial charge in [0.1, 0.15) is 11.6 Å². The van der Waals surface area contributed by atoms with Crippen molar-refractivity contribution in [3.63, 3.8) is 0 Å². The first-order valence-corrected chi connectivity index (χ1v) is 8.17. The van der Waals surface area contributed by atoms with E-state index in [0.29, 0.717) is 0 Å². The maximum atomic E-state index is 12.2. The Hall–Kier alpha value is -0.390. The van der Waals surface area contributed by atoms with E-state index in [4.69, 9.17) is 4.74 Å². The third-order valence-corrected chi connectivity index (χ3v) is 4.64. The first-order valence-electron chi connectivity index (χ1n) is 6.56. The lowest BCUT2D eigenvalue weighted by molar-refractivity contribution is -0.160. The van der Waals surface area contributed by atoms with E-state index in [1.807, 2.05) is 20.8 Å². The summed E-state index contributed by atoms with van der Waals surface area (Å²) in [5.41, 5.74) is -0.405. The second-order valence-electron chi connectivity index (χ2n) is 5.87. The van der Waals surface area contributed by atoms with E-state index in [0.717, 1.165) is 29.7 Å². The van der Waals surface area contributed by atoms with Crippen LogP contribution in [0.3, 0.4) is 0 Å². The number of rotatable bonds is 3. The fourth-order valence-electron chi connectivity index (χ4n) is 2.29. The zero-order chi connectivity index (χ0) is 14.0. The number of halogens is 1. The first-order chi connectivity index (χ1) is 8.85. The lowest BCUT2D eigenvalue weighted by Gasteiger charge is -2.27. The highest BCUT2D eigenvalue weighted by Gasteiger charge is 2.34. The minimum Gasteiger partial charge on any atom is -0.459 e. The smallest absolute Gasteiger partial charge is 0.323 e. The van der Waals surface area contributed by atoms with Crippen LogP contribution in [0.2, 0.25) is 0 Å². The molecule has 0 spiro atoms. The topological polar surface area (TPSA) is 29.5 Å². The largest absolute Gasteiger partial charge is 0.459 e. The van der Waals surface area contributed by atoms with Gasteiger partial charge in [0.15, 0.2) is 0 Å². The van der Waals surface area contributed by atoms with Gasteiger partial charge in [-0.25, -0.2) is 0 Å².